The van der Waals surface area contributed by atoms with Gasteiger partial charge in [0.2, 0.25) is 10.0 Å². The first-order valence-electron chi connectivity index (χ1n) is 8.12. The van der Waals surface area contributed by atoms with Gasteiger partial charge in [0.1, 0.15) is 0 Å². The van der Waals surface area contributed by atoms with Crippen LogP contribution in [0.1, 0.15) is 11.1 Å². The van der Waals surface area contributed by atoms with E-state index in [0.717, 1.165) is 0 Å². The Bertz CT molecular complexity index is 1120. The van der Waals surface area contributed by atoms with E-state index >= 15 is 0 Å². The summed E-state index contributed by atoms with van der Waals surface area (Å²) in [4.78, 5) is 12.1. The van der Waals surface area contributed by atoms with Crippen LogP contribution in [0, 0.1) is 13.8 Å². The fourth-order valence-electron chi connectivity index (χ4n) is 2.53. The monoisotopic (exact) mass is 407 g/mol. The molecule has 8 nitrogen and oxygen atoms in total. The Labute approximate surface area is 161 Å². The van der Waals surface area contributed by atoms with Crippen molar-refractivity contribution in [3.05, 3.63) is 69.2 Å². The first-order chi connectivity index (χ1) is 12.8. The zero-order chi connectivity index (χ0) is 19.6. The number of benzene rings is 1. The summed E-state index contributed by atoms with van der Waals surface area (Å²) < 4.78 is 30.3. The third-order valence-corrected chi connectivity index (χ3v) is 5.96. The summed E-state index contributed by atoms with van der Waals surface area (Å²) in [7, 11) is -3.74. The molecule has 27 heavy (non-hydrogen) atoms. The molecule has 1 N–H and O–H groups in total. The molecule has 0 aliphatic rings. The van der Waals surface area contributed by atoms with Crippen molar-refractivity contribution in [3.63, 3.8) is 0 Å². The van der Waals surface area contributed by atoms with Gasteiger partial charge >= 0.3 is 0 Å². The zero-order valence-corrected chi connectivity index (χ0v) is 16.3. The van der Waals surface area contributed by atoms with E-state index in [1.165, 1.54) is 21.5 Å². The van der Waals surface area contributed by atoms with Crippen molar-refractivity contribution in [3.8, 4) is 5.82 Å². The van der Waals surface area contributed by atoms with Crippen molar-refractivity contribution in [1.29, 1.82) is 0 Å². The number of aryl methyl sites for hydroxylation is 2. The molecule has 10 heteroatoms. The van der Waals surface area contributed by atoms with Gasteiger partial charge in [-0.25, -0.2) is 22.5 Å². The van der Waals surface area contributed by atoms with Gasteiger partial charge in [-0.3, -0.25) is 4.79 Å². The average molecular weight is 408 g/mol. The lowest BCUT2D eigenvalue weighted by molar-refractivity contribution is 0.541. The van der Waals surface area contributed by atoms with Gasteiger partial charge in [0.25, 0.3) is 5.56 Å². The normalized spacial score (nSPS) is 11.7. The Balaban J connectivity index is 1.75. The number of hydrogen-bond acceptors (Lipinski definition) is 5. The first kappa shape index (κ1) is 19.3. The summed E-state index contributed by atoms with van der Waals surface area (Å²) in [5, 5.41) is 8.77. The van der Waals surface area contributed by atoms with Crippen LogP contribution in [0.4, 0.5) is 0 Å². The molecular formula is C17H18ClN5O3S. The maximum atomic E-state index is 12.6. The highest BCUT2D eigenvalue weighted by molar-refractivity contribution is 7.89. The Morgan fingerprint density at radius 3 is 2.67 bits per heavy atom. The maximum Gasteiger partial charge on any atom is 0.266 e. The summed E-state index contributed by atoms with van der Waals surface area (Å²) >= 11 is 6.03. The fourth-order valence-corrected chi connectivity index (χ4v) is 4.08. The lowest BCUT2D eigenvalue weighted by Gasteiger charge is -2.12. The molecule has 3 aromatic rings. The molecule has 0 aliphatic heterocycles. The third-order valence-electron chi connectivity index (χ3n) is 3.95. The van der Waals surface area contributed by atoms with Crippen LogP contribution in [0.5, 0.6) is 0 Å². The van der Waals surface area contributed by atoms with Crippen molar-refractivity contribution in [2.45, 2.75) is 25.3 Å². The lowest BCUT2D eigenvalue weighted by atomic mass is 10.2. The van der Waals surface area contributed by atoms with Crippen LogP contribution in [0.15, 0.2) is 52.4 Å². The number of nitrogens with zero attached hydrogens (tertiary/aromatic N) is 4. The highest BCUT2D eigenvalue weighted by Crippen LogP contribution is 2.23. The second-order valence-corrected chi connectivity index (χ2v) is 8.11. The van der Waals surface area contributed by atoms with E-state index in [0.29, 0.717) is 22.0 Å². The average Bonchev–Trinajstić information content (AvgIpc) is 3.14. The zero-order valence-electron chi connectivity index (χ0n) is 14.8. The van der Waals surface area contributed by atoms with E-state index in [4.69, 9.17) is 11.6 Å². The standard InChI is InChI=1S/C17H18ClN5O3S/c1-12-11-15(13(2)10-14(12)18)27(25,26)20-7-9-23-17(24)5-4-16(21-23)22-8-3-6-19-22/h3-6,8,10-11,20H,7,9H2,1-2H3. The highest BCUT2D eigenvalue weighted by atomic mass is 35.5. The van der Waals surface area contributed by atoms with E-state index in [1.807, 2.05) is 0 Å². The van der Waals surface area contributed by atoms with Crippen LogP contribution in [-0.2, 0) is 16.6 Å². The molecule has 0 bridgehead atoms. The third kappa shape index (κ3) is 4.26. The molecule has 0 radical (unpaired) electrons. The highest BCUT2D eigenvalue weighted by Gasteiger charge is 2.18. The first-order valence-corrected chi connectivity index (χ1v) is 9.98. The van der Waals surface area contributed by atoms with E-state index in [2.05, 4.69) is 14.9 Å². The summed E-state index contributed by atoms with van der Waals surface area (Å²) in [5.74, 6) is 0.464. The maximum absolute atomic E-state index is 12.6. The van der Waals surface area contributed by atoms with Gasteiger partial charge in [0.05, 0.1) is 11.4 Å². The minimum Gasteiger partial charge on any atom is -0.268 e. The Kier molecular flexibility index (Phi) is 5.45. The SMILES string of the molecule is Cc1cc(S(=O)(=O)NCCn2nc(-n3cccn3)ccc2=O)c(C)cc1Cl. The number of nitrogens with one attached hydrogen (secondary N) is 1. The molecule has 0 fully saturated rings. The molecule has 1 aromatic carbocycles. The lowest BCUT2D eigenvalue weighted by Crippen LogP contribution is -2.32. The van der Waals surface area contributed by atoms with Gasteiger partial charge in [0, 0.05) is 30.0 Å². The van der Waals surface area contributed by atoms with Crippen molar-refractivity contribution in [2.24, 2.45) is 0 Å². The van der Waals surface area contributed by atoms with Crippen LogP contribution in [0.25, 0.3) is 5.82 Å². The fraction of sp³-hybridized carbons (Fsp3) is 0.235. The minimum atomic E-state index is -3.74. The minimum absolute atomic E-state index is 0.0128. The van der Waals surface area contributed by atoms with Gasteiger partial charge < -0.3 is 0 Å². The number of rotatable bonds is 6. The second kappa shape index (κ2) is 7.63. The summed E-state index contributed by atoms with van der Waals surface area (Å²) in [6.07, 6.45) is 3.30. The van der Waals surface area contributed by atoms with Crippen LogP contribution >= 0.6 is 11.6 Å². The molecule has 2 heterocycles. The molecule has 0 atom stereocenters. The molecular weight excluding hydrogens is 390 g/mol. The number of halogens is 1. The predicted molar refractivity (Wildman–Crippen MR) is 102 cm³/mol. The smallest absolute Gasteiger partial charge is 0.266 e. The largest absolute Gasteiger partial charge is 0.268 e. The van der Waals surface area contributed by atoms with Crippen LogP contribution in [0.3, 0.4) is 0 Å². The number of aromatic nitrogens is 4. The van der Waals surface area contributed by atoms with Crippen LogP contribution < -0.4 is 10.3 Å². The Morgan fingerprint density at radius 2 is 1.96 bits per heavy atom. The molecule has 0 aliphatic carbocycles. The van der Waals surface area contributed by atoms with Gasteiger partial charge in [0.15, 0.2) is 5.82 Å². The van der Waals surface area contributed by atoms with Crippen molar-refractivity contribution < 1.29 is 8.42 Å². The van der Waals surface area contributed by atoms with E-state index in [1.54, 1.807) is 44.4 Å². The summed E-state index contributed by atoms with van der Waals surface area (Å²) in [6.45, 7) is 3.52. The molecule has 2 aromatic heterocycles. The van der Waals surface area contributed by atoms with Gasteiger partial charge in [-0.05, 0) is 49.2 Å². The molecule has 0 saturated carbocycles. The topological polar surface area (TPSA) is 98.9 Å². The van der Waals surface area contributed by atoms with Crippen molar-refractivity contribution in [1.82, 2.24) is 24.3 Å². The van der Waals surface area contributed by atoms with Crippen LogP contribution in [-0.4, -0.2) is 34.5 Å². The predicted octanol–water partition coefficient (Wildman–Crippen LogP) is 1.68. The van der Waals surface area contributed by atoms with Gasteiger partial charge in [-0.1, -0.05) is 11.6 Å². The van der Waals surface area contributed by atoms with Crippen molar-refractivity contribution in [2.75, 3.05) is 6.54 Å². The summed E-state index contributed by atoms with van der Waals surface area (Å²) in [6, 6.07) is 7.80. The Morgan fingerprint density at radius 1 is 1.19 bits per heavy atom. The molecule has 0 unspecified atom stereocenters. The summed E-state index contributed by atoms with van der Waals surface area (Å²) in [5.41, 5.74) is 0.894. The number of hydrogen-bond donors (Lipinski definition) is 1. The van der Waals surface area contributed by atoms with E-state index < -0.39 is 10.0 Å². The molecule has 3 rings (SSSR count). The molecule has 0 saturated heterocycles. The molecule has 0 spiro atoms. The van der Waals surface area contributed by atoms with E-state index in [-0.39, 0.29) is 23.5 Å². The number of sulfonamides is 1. The van der Waals surface area contributed by atoms with Crippen LogP contribution in [0.2, 0.25) is 5.02 Å². The van der Waals surface area contributed by atoms with Gasteiger partial charge in [-0.2, -0.15) is 5.10 Å². The Hall–Kier alpha value is -2.49. The molecule has 142 valence electrons. The second-order valence-electron chi connectivity index (χ2n) is 5.97. The van der Waals surface area contributed by atoms with Gasteiger partial charge in [-0.15, -0.1) is 5.10 Å². The molecule has 0 amide bonds. The quantitative estimate of drug-likeness (QED) is 0.670. The van der Waals surface area contributed by atoms with Crippen molar-refractivity contribution >= 4 is 21.6 Å². The van der Waals surface area contributed by atoms with E-state index in [9.17, 15) is 13.2 Å².